The summed E-state index contributed by atoms with van der Waals surface area (Å²) in [5.74, 6) is -0.581. The zero-order valence-electron chi connectivity index (χ0n) is 16.8. The molecule has 1 amide bonds. The summed E-state index contributed by atoms with van der Waals surface area (Å²) in [6, 6.07) is 9.12. The lowest BCUT2D eigenvalue weighted by atomic mass is 10.1. The number of hydrogen-bond acceptors (Lipinski definition) is 9. The van der Waals surface area contributed by atoms with Crippen molar-refractivity contribution in [2.75, 3.05) is 13.7 Å². The second kappa shape index (κ2) is 9.75. The van der Waals surface area contributed by atoms with E-state index in [0.717, 1.165) is 6.07 Å². The van der Waals surface area contributed by atoms with Crippen molar-refractivity contribution in [2.45, 2.75) is 6.92 Å². The van der Waals surface area contributed by atoms with Crippen molar-refractivity contribution in [1.29, 1.82) is 0 Å². The van der Waals surface area contributed by atoms with E-state index >= 15 is 0 Å². The monoisotopic (exact) mass is 461 g/mol. The first-order chi connectivity index (χ1) is 15.3. The maximum atomic E-state index is 12.0. The van der Waals surface area contributed by atoms with Gasteiger partial charge in [0.1, 0.15) is 5.56 Å². The molecule has 0 unspecified atom stereocenters. The average molecular weight is 462 g/mol. The zero-order chi connectivity index (χ0) is 23.3. The molecule has 2 aromatic carbocycles. The molecular weight excluding hydrogens is 446 g/mol. The third kappa shape index (κ3) is 5.10. The number of halogens is 1. The highest BCUT2D eigenvalue weighted by molar-refractivity contribution is 6.30. The molecule has 1 aromatic heterocycles. The molecule has 3 rings (SSSR count). The number of nitrogens with one attached hydrogen (secondary N) is 1. The van der Waals surface area contributed by atoms with Gasteiger partial charge in [-0.15, -0.1) is 0 Å². The molecule has 13 heteroatoms. The minimum absolute atomic E-state index is 0.00735. The Bertz CT molecular complexity index is 1180. The Labute approximate surface area is 185 Å². The number of hydrazone groups is 1. The summed E-state index contributed by atoms with van der Waals surface area (Å²) in [6.45, 7) is 0.905. The standard InChI is InChI=1S/C19H16ClN5O7/c1-11-19(23-32-25(11)29)14-7-16(30-2)17(8-15(14)24(27)28)31-10-18(26)22-21-9-12-3-5-13(20)6-4-12/h3-9H,10H2,1-2H3,(H,22,26)/b21-9+. The van der Waals surface area contributed by atoms with Gasteiger partial charge >= 0.3 is 0 Å². The van der Waals surface area contributed by atoms with E-state index in [9.17, 15) is 20.1 Å². The summed E-state index contributed by atoms with van der Waals surface area (Å²) in [5.41, 5.74) is 2.57. The van der Waals surface area contributed by atoms with Crippen LogP contribution in [0.3, 0.4) is 0 Å². The number of amides is 1. The van der Waals surface area contributed by atoms with Crippen LogP contribution in [0.2, 0.25) is 5.02 Å². The van der Waals surface area contributed by atoms with E-state index in [-0.39, 0.29) is 33.4 Å². The minimum Gasteiger partial charge on any atom is -0.493 e. The normalized spacial score (nSPS) is 10.8. The van der Waals surface area contributed by atoms with E-state index in [1.165, 1.54) is 26.3 Å². The van der Waals surface area contributed by atoms with Crippen LogP contribution < -0.4 is 19.8 Å². The molecule has 0 atom stereocenters. The number of ether oxygens (including phenoxy) is 2. The van der Waals surface area contributed by atoms with Crippen LogP contribution in [0.4, 0.5) is 5.69 Å². The van der Waals surface area contributed by atoms with E-state index in [1.54, 1.807) is 24.3 Å². The molecule has 0 radical (unpaired) electrons. The summed E-state index contributed by atoms with van der Waals surface area (Å²) in [7, 11) is 1.32. The fraction of sp³-hybridized carbons (Fsp3) is 0.158. The minimum atomic E-state index is -0.679. The number of nitrogens with zero attached hydrogens (tertiary/aromatic N) is 4. The Morgan fingerprint density at radius 1 is 1.34 bits per heavy atom. The van der Waals surface area contributed by atoms with Crippen molar-refractivity contribution in [3.05, 3.63) is 68.0 Å². The van der Waals surface area contributed by atoms with Gasteiger partial charge in [-0.25, -0.2) is 5.43 Å². The molecule has 1 N–H and O–H groups in total. The molecule has 1 heterocycles. The Hall–Kier alpha value is -4.19. The van der Waals surface area contributed by atoms with E-state index in [1.807, 2.05) is 0 Å². The fourth-order valence-corrected chi connectivity index (χ4v) is 2.73. The largest absolute Gasteiger partial charge is 0.493 e. The molecule has 0 aliphatic heterocycles. The van der Waals surface area contributed by atoms with Crippen molar-refractivity contribution in [3.63, 3.8) is 0 Å². The summed E-state index contributed by atoms with van der Waals surface area (Å²) >= 11 is 5.80. The molecule has 0 saturated carbocycles. The average Bonchev–Trinajstić information content (AvgIpc) is 3.11. The second-order valence-corrected chi connectivity index (χ2v) is 6.71. The first kappa shape index (κ1) is 22.5. The number of rotatable bonds is 8. The van der Waals surface area contributed by atoms with Crippen LogP contribution in [0.15, 0.2) is 46.1 Å². The molecule has 3 aromatic rings. The molecule has 0 aliphatic carbocycles. The van der Waals surface area contributed by atoms with Gasteiger partial charge in [0.05, 0.1) is 24.3 Å². The molecule has 0 saturated heterocycles. The molecule has 0 fully saturated rings. The second-order valence-electron chi connectivity index (χ2n) is 6.27. The Kier molecular flexibility index (Phi) is 6.85. The summed E-state index contributed by atoms with van der Waals surface area (Å²) in [5, 5.41) is 31.0. The molecule has 0 bridgehead atoms. The number of carbonyl (C=O) groups excluding carboxylic acids is 1. The highest BCUT2D eigenvalue weighted by Crippen LogP contribution is 2.39. The van der Waals surface area contributed by atoms with Crippen LogP contribution in [0.25, 0.3) is 11.3 Å². The van der Waals surface area contributed by atoms with Gasteiger partial charge in [-0.3, -0.25) is 19.5 Å². The number of benzene rings is 2. The lowest BCUT2D eigenvalue weighted by Gasteiger charge is -2.11. The maximum Gasteiger partial charge on any atom is 0.285 e. The summed E-state index contributed by atoms with van der Waals surface area (Å²) in [4.78, 5) is 23.0. The first-order valence-electron chi connectivity index (χ1n) is 8.93. The molecular formula is C19H16ClN5O7. The van der Waals surface area contributed by atoms with Crippen LogP contribution in [0.5, 0.6) is 11.5 Å². The third-order valence-electron chi connectivity index (χ3n) is 4.19. The third-order valence-corrected chi connectivity index (χ3v) is 4.44. The number of carbonyl (C=O) groups is 1. The molecule has 166 valence electrons. The van der Waals surface area contributed by atoms with Crippen molar-refractivity contribution in [2.24, 2.45) is 5.10 Å². The van der Waals surface area contributed by atoms with E-state index in [0.29, 0.717) is 10.6 Å². The van der Waals surface area contributed by atoms with E-state index in [4.69, 9.17) is 21.1 Å². The van der Waals surface area contributed by atoms with Crippen LogP contribution in [0, 0.1) is 22.2 Å². The summed E-state index contributed by atoms with van der Waals surface area (Å²) < 4.78 is 15.1. The van der Waals surface area contributed by atoms with Gasteiger partial charge in [-0.05, 0) is 22.6 Å². The van der Waals surface area contributed by atoms with E-state index < -0.39 is 23.1 Å². The van der Waals surface area contributed by atoms with E-state index in [2.05, 4.69) is 20.3 Å². The number of nitro groups is 1. The van der Waals surface area contributed by atoms with Crippen LogP contribution >= 0.6 is 11.6 Å². The van der Waals surface area contributed by atoms with Crippen molar-refractivity contribution in [3.8, 4) is 22.8 Å². The lowest BCUT2D eigenvalue weighted by Crippen LogP contribution is -2.25. The lowest BCUT2D eigenvalue weighted by molar-refractivity contribution is -0.806. The van der Waals surface area contributed by atoms with Gasteiger partial charge in [0.15, 0.2) is 18.1 Å². The zero-order valence-corrected chi connectivity index (χ0v) is 17.5. The van der Waals surface area contributed by atoms with Crippen molar-refractivity contribution < 1.29 is 28.7 Å². The topological polar surface area (TPSA) is 156 Å². The van der Waals surface area contributed by atoms with Gasteiger partial charge in [-0.1, -0.05) is 23.7 Å². The van der Waals surface area contributed by atoms with Gasteiger partial charge in [0, 0.05) is 23.2 Å². The highest BCUT2D eigenvalue weighted by Gasteiger charge is 2.29. The molecule has 12 nitrogen and oxygen atoms in total. The van der Waals surface area contributed by atoms with Crippen molar-refractivity contribution in [1.82, 2.24) is 10.6 Å². The number of hydrogen-bond donors (Lipinski definition) is 1. The molecule has 0 spiro atoms. The van der Waals surface area contributed by atoms with Crippen LogP contribution in [0.1, 0.15) is 11.3 Å². The maximum absolute atomic E-state index is 12.0. The number of methoxy groups -OCH3 is 1. The molecule has 0 aliphatic rings. The Morgan fingerprint density at radius 3 is 2.66 bits per heavy atom. The van der Waals surface area contributed by atoms with Crippen LogP contribution in [-0.2, 0) is 4.79 Å². The van der Waals surface area contributed by atoms with Gasteiger partial charge in [0.25, 0.3) is 17.3 Å². The highest BCUT2D eigenvalue weighted by atomic mass is 35.5. The predicted molar refractivity (Wildman–Crippen MR) is 112 cm³/mol. The quantitative estimate of drug-likeness (QED) is 0.232. The fourth-order valence-electron chi connectivity index (χ4n) is 2.60. The Morgan fingerprint density at radius 2 is 2.06 bits per heavy atom. The van der Waals surface area contributed by atoms with Gasteiger partial charge in [0.2, 0.25) is 5.69 Å². The smallest absolute Gasteiger partial charge is 0.285 e. The Balaban J connectivity index is 1.75. The van der Waals surface area contributed by atoms with Gasteiger partial charge in [-0.2, -0.15) is 5.10 Å². The molecule has 32 heavy (non-hydrogen) atoms. The number of nitro benzene ring substituents is 1. The SMILES string of the molecule is COc1cc(-c2no[n+]([O-])c2C)c([N+](=O)[O-])cc1OCC(=O)N/N=C/c1ccc(Cl)cc1. The first-order valence-corrected chi connectivity index (χ1v) is 9.31. The van der Waals surface area contributed by atoms with Crippen LogP contribution in [-0.4, -0.2) is 35.9 Å². The van der Waals surface area contributed by atoms with Crippen molar-refractivity contribution >= 4 is 29.4 Å². The summed E-state index contributed by atoms with van der Waals surface area (Å²) in [6.07, 6.45) is 1.41. The predicted octanol–water partition coefficient (Wildman–Crippen LogP) is 2.38. The number of aromatic nitrogens is 2. The van der Waals surface area contributed by atoms with Gasteiger partial charge < -0.3 is 14.7 Å².